The van der Waals surface area contributed by atoms with Gasteiger partial charge in [0.25, 0.3) is 0 Å². The second-order valence-corrected chi connectivity index (χ2v) is 5.06. The molecule has 0 aromatic heterocycles. The summed E-state index contributed by atoms with van der Waals surface area (Å²) < 4.78 is 4.40. The van der Waals surface area contributed by atoms with Gasteiger partial charge in [0.05, 0.1) is 19.6 Å². The summed E-state index contributed by atoms with van der Waals surface area (Å²) in [7, 11) is 1.32. The number of hydrogen-bond donors (Lipinski definition) is 1. The molecule has 2 unspecified atom stereocenters. The van der Waals surface area contributed by atoms with Crippen LogP contribution in [0.1, 0.15) is 6.92 Å². The van der Waals surface area contributed by atoms with Crippen molar-refractivity contribution in [2.24, 2.45) is 0 Å². The van der Waals surface area contributed by atoms with Gasteiger partial charge in [0.15, 0.2) is 11.4 Å². The fourth-order valence-electron chi connectivity index (χ4n) is 0.570. The van der Waals surface area contributed by atoms with Crippen molar-refractivity contribution >= 4 is 16.9 Å². The van der Waals surface area contributed by atoms with Crippen LogP contribution in [0.25, 0.3) is 0 Å². The van der Waals surface area contributed by atoms with Crippen LogP contribution < -0.4 is 12.4 Å². The van der Waals surface area contributed by atoms with Crippen molar-refractivity contribution in [1.82, 2.24) is 0 Å². The number of rotatable bonds is 3. The molecule has 2 atom stereocenters. The van der Waals surface area contributed by atoms with E-state index in [1.807, 2.05) is 19.4 Å². The smallest absolute Gasteiger partial charge is 0.339 e. The second-order valence-electron chi connectivity index (χ2n) is 2.55. The number of carbonyl (C=O) groups excluding carboxylic acids is 1. The summed E-state index contributed by atoms with van der Waals surface area (Å²) in [5.74, 6) is -0.543. The number of aliphatic hydroxyl groups excluding tert-OH is 1. The van der Waals surface area contributed by atoms with E-state index < -0.39 is 12.1 Å². The van der Waals surface area contributed by atoms with Gasteiger partial charge in [-0.15, -0.1) is 0 Å². The molecule has 0 bridgehead atoms. The summed E-state index contributed by atoms with van der Waals surface area (Å²) in [5.41, 5.74) is 0. The zero-order valence-electron chi connectivity index (χ0n) is 7.70. The van der Waals surface area contributed by atoms with Crippen LogP contribution in [0, 0.1) is 0 Å². The maximum atomic E-state index is 10.8. The minimum Gasteiger partial charge on any atom is -1.00 e. The van der Waals surface area contributed by atoms with Crippen LogP contribution in [0.15, 0.2) is 0 Å². The predicted molar refractivity (Wildman–Crippen MR) is 46.7 cm³/mol. The number of methoxy groups -OCH3 is 1. The molecule has 3 nitrogen and oxygen atoms in total. The summed E-state index contributed by atoms with van der Waals surface area (Å²) in [6.07, 6.45) is 2.99. The topological polar surface area (TPSA) is 46.5 Å². The third kappa shape index (κ3) is 4.18. The first-order valence-corrected chi connectivity index (χ1v) is 5.43. The Bertz CT molecular complexity index is 141. The fraction of sp³-hybridized carbons (Fsp3) is 0.857. The quantitative estimate of drug-likeness (QED) is 0.398. The highest BCUT2D eigenvalue weighted by atomic mass is 35.5. The van der Waals surface area contributed by atoms with Crippen molar-refractivity contribution in [3.05, 3.63) is 0 Å². The highest BCUT2D eigenvalue weighted by molar-refractivity contribution is 7.96. The van der Waals surface area contributed by atoms with Crippen molar-refractivity contribution in [3.63, 3.8) is 0 Å². The normalized spacial score (nSPS) is 14.8. The minimum atomic E-state index is -0.974. The van der Waals surface area contributed by atoms with E-state index in [9.17, 15) is 9.90 Å². The van der Waals surface area contributed by atoms with E-state index in [1.54, 1.807) is 0 Å². The number of ether oxygens (including phenoxy) is 1. The van der Waals surface area contributed by atoms with E-state index in [0.29, 0.717) is 0 Å². The zero-order chi connectivity index (χ0) is 9.02. The highest BCUT2D eigenvalue weighted by Gasteiger charge is 2.31. The van der Waals surface area contributed by atoms with Gasteiger partial charge in [-0.3, -0.25) is 0 Å². The molecule has 0 amide bonds. The first-order chi connectivity index (χ1) is 5.00. The highest BCUT2D eigenvalue weighted by Crippen LogP contribution is 2.05. The summed E-state index contributed by atoms with van der Waals surface area (Å²) in [6.45, 7) is 1.84. The Hall–Kier alpha value is 0.0700. The number of esters is 1. The van der Waals surface area contributed by atoms with Gasteiger partial charge in [-0.25, -0.2) is 4.79 Å². The van der Waals surface area contributed by atoms with Crippen LogP contribution >= 0.6 is 0 Å². The molecule has 0 spiro atoms. The molecule has 0 saturated heterocycles. The monoisotopic (exact) mass is 214 g/mol. The SMILES string of the molecule is COC(=O)C(O)C(C)[S+](C)C.[Cl-]. The number of aliphatic hydroxyl groups is 1. The molecular formula is C7H15ClO3S. The van der Waals surface area contributed by atoms with Crippen molar-refractivity contribution < 1.29 is 27.0 Å². The second kappa shape index (κ2) is 6.57. The molecule has 0 aromatic rings. The van der Waals surface area contributed by atoms with Crippen LogP contribution in [0.2, 0.25) is 0 Å². The Labute approximate surface area is 82.2 Å². The summed E-state index contributed by atoms with van der Waals surface area (Å²) in [4.78, 5) is 10.8. The molecule has 0 heterocycles. The first kappa shape index (κ1) is 14.6. The number of hydrogen-bond acceptors (Lipinski definition) is 3. The van der Waals surface area contributed by atoms with E-state index in [4.69, 9.17) is 0 Å². The lowest BCUT2D eigenvalue weighted by Crippen LogP contribution is -3.00. The van der Waals surface area contributed by atoms with Crippen molar-refractivity contribution in [2.45, 2.75) is 18.3 Å². The van der Waals surface area contributed by atoms with Gasteiger partial charge in [0.2, 0.25) is 0 Å². The van der Waals surface area contributed by atoms with Crippen LogP contribution in [0.4, 0.5) is 0 Å². The third-order valence-electron chi connectivity index (χ3n) is 1.63. The molecule has 0 saturated carbocycles. The molecular weight excluding hydrogens is 200 g/mol. The van der Waals surface area contributed by atoms with Crippen LogP contribution in [-0.4, -0.2) is 42.1 Å². The standard InChI is InChI=1S/C7H15O3S.ClH/c1-5(11(3)4)6(8)7(9)10-2;/h5-6,8H,1-4H3;1H/q+1;/p-1. The van der Waals surface area contributed by atoms with Gasteiger partial charge in [0.1, 0.15) is 0 Å². The van der Waals surface area contributed by atoms with E-state index in [0.717, 1.165) is 0 Å². The molecule has 74 valence electrons. The summed E-state index contributed by atoms with van der Waals surface area (Å²) >= 11 is 0. The van der Waals surface area contributed by atoms with E-state index in [2.05, 4.69) is 4.74 Å². The minimum absolute atomic E-state index is 0. The zero-order valence-corrected chi connectivity index (χ0v) is 9.28. The first-order valence-electron chi connectivity index (χ1n) is 3.33. The van der Waals surface area contributed by atoms with Crippen LogP contribution in [0.5, 0.6) is 0 Å². The van der Waals surface area contributed by atoms with Gasteiger partial charge in [-0.1, -0.05) is 0 Å². The summed E-state index contributed by atoms with van der Waals surface area (Å²) in [5, 5.41) is 9.26. The Morgan fingerprint density at radius 2 is 1.92 bits per heavy atom. The molecule has 0 rings (SSSR count). The Morgan fingerprint density at radius 1 is 1.50 bits per heavy atom. The van der Waals surface area contributed by atoms with Crippen LogP contribution in [0.3, 0.4) is 0 Å². The average Bonchev–Trinajstić information content (AvgIpc) is 2.00. The number of halogens is 1. The fourth-order valence-corrected chi connectivity index (χ4v) is 1.20. The maximum Gasteiger partial charge on any atom is 0.339 e. The van der Waals surface area contributed by atoms with Gasteiger partial charge in [-0.2, -0.15) is 0 Å². The van der Waals surface area contributed by atoms with Gasteiger partial charge in [-0.05, 0) is 17.8 Å². The predicted octanol–water partition coefficient (Wildman–Crippen LogP) is -3.21. The largest absolute Gasteiger partial charge is 1.00 e. The lowest BCUT2D eigenvalue weighted by Gasteiger charge is -2.12. The van der Waals surface area contributed by atoms with E-state index >= 15 is 0 Å². The van der Waals surface area contributed by atoms with Crippen molar-refractivity contribution in [2.75, 3.05) is 19.6 Å². The Morgan fingerprint density at radius 3 is 2.17 bits per heavy atom. The molecule has 0 aromatic carbocycles. The number of carbonyl (C=O) groups is 1. The third-order valence-corrected chi connectivity index (χ3v) is 3.38. The van der Waals surface area contributed by atoms with Crippen molar-refractivity contribution in [1.29, 1.82) is 0 Å². The molecule has 0 fully saturated rings. The van der Waals surface area contributed by atoms with Crippen LogP contribution in [-0.2, 0) is 20.4 Å². The molecule has 0 aliphatic heterocycles. The average molecular weight is 215 g/mol. The molecule has 0 aliphatic carbocycles. The molecule has 5 heteroatoms. The van der Waals surface area contributed by atoms with Gasteiger partial charge in [0, 0.05) is 0 Å². The van der Waals surface area contributed by atoms with E-state index in [1.165, 1.54) is 7.11 Å². The van der Waals surface area contributed by atoms with Gasteiger partial charge >= 0.3 is 5.97 Å². The lowest BCUT2D eigenvalue weighted by atomic mass is 10.3. The Kier molecular flexibility index (Phi) is 7.99. The maximum absolute atomic E-state index is 10.8. The molecule has 0 radical (unpaired) electrons. The lowest BCUT2D eigenvalue weighted by molar-refractivity contribution is -0.150. The summed E-state index contributed by atoms with van der Waals surface area (Å²) in [6, 6.07) is 0. The van der Waals surface area contributed by atoms with Gasteiger partial charge < -0.3 is 22.3 Å². The van der Waals surface area contributed by atoms with E-state index in [-0.39, 0.29) is 28.6 Å². The molecule has 1 N–H and O–H groups in total. The van der Waals surface area contributed by atoms with Crippen molar-refractivity contribution in [3.8, 4) is 0 Å². The molecule has 12 heavy (non-hydrogen) atoms. The Balaban J connectivity index is 0. The molecule has 0 aliphatic rings.